The Bertz CT molecular complexity index is 368. The van der Waals surface area contributed by atoms with E-state index >= 15 is 0 Å². The minimum absolute atomic E-state index is 0.376. The molecule has 4 heteroatoms. The fourth-order valence-electron chi connectivity index (χ4n) is 2.06. The van der Waals surface area contributed by atoms with Gasteiger partial charge in [-0.3, -0.25) is 0 Å². The van der Waals surface area contributed by atoms with E-state index in [-0.39, 0.29) is 0 Å². The number of H-pyrrole nitrogens is 1. The van der Waals surface area contributed by atoms with E-state index in [4.69, 9.17) is 5.11 Å². The molecule has 0 saturated carbocycles. The lowest BCUT2D eigenvalue weighted by Gasteiger charge is -2.13. The fraction of sp³-hybridized carbons (Fsp3) is 0.500. The maximum atomic E-state index is 10.9. The summed E-state index contributed by atoms with van der Waals surface area (Å²) < 4.78 is 0. The Morgan fingerprint density at radius 1 is 1.57 bits per heavy atom. The van der Waals surface area contributed by atoms with Crippen LogP contribution in [0.1, 0.15) is 34.2 Å². The van der Waals surface area contributed by atoms with Crippen molar-refractivity contribution in [2.24, 2.45) is 0 Å². The number of carboxylic acid groups (broad SMARTS) is 1. The Morgan fingerprint density at radius 2 is 2.36 bits per heavy atom. The van der Waals surface area contributed by atoms with Gasteiger partial charge >= 0.3 is 5.97 Å². The van der Waals surface area contributed by atoms with Gasteiger partial charge in [-0.15, -0.1) is 0 Å². The van der Waals surface area contributed by atoms with Crippen LogP contribution in [0.5, 0.6) is 0 Å². The predicted molar refractivity (Wildman–Crippen MR) is 52.5 cm³/mol. The summed E-state index contributed by atoms with van der Waals surface area (Å²) >= 11 is 0. The molecule has 0 aliphatic carbocycles. The summed E-state index contributed by atoms with van der Waals surface area (Å²) in [4.78, 5) is 14.0. The van der Waals surface area contributed by atoms with Crippen molar-refractivity contribution in [1.82, 2.24) is 10.3 Å². The van der Waals surface area contributed by atoms with Crippen LogP contribution in [0.25, 0.3) is 0 Å². The highest BCUT2D eigenvalue weighted by molar-refractivity contribution is 5.88. The molecule has 0 saturated heterocycles. The third-order valence-electron chi connectivity index (χ3n) is 2.73. The van der Waals surface area contributed by atoms with Crippen molar-refractivity contribution in [2.45, 2.75) is 26.3 Å². The molecule has 3 N–H and O–H groups in total. The molecule has 1 aromatic rings. The van der Waals surface area contributed by atoms with E-state index in [2.05, 4.69) is 10.3 Å². The van der Waals surface area contributed by atoms with Gasteiger partial charge in [-0.25, -0.2) is 4.79 Å². The summed E-state index contributed by atoms with van der Waals surface area (Å²) in [6.07, 6.45) is 1.67. The zero-order chi connectivity index (χ0) is 10.1. The SMILES string of the molecule is CCc1c(C(=O)O)[nH]c2c1CNCC2. The largest absolute Gasteiger partial charge is 0.477 e. The number of rotatable bonds is 2. The molecular formula is C10H14N2O2. The van der Waals surface area contributed by atoms with E-state index in [1.54, 1.807) is 0 Å². The average Bonchev–Trinajstić information content (AvgIpc) is 2.56. The topological polar surface area (TPSA) is 65.1 Å². The molecule has 1 aromatic heterocycles. The zero-order valence-corrected chi connectivity index (χ0v) is 8.18. The number of carboxylic acids is 1. The summed E-state index contributed by atoms with van der Waals surface area (Å²) in [5, 5.41) is 12.2. The van der Waals surface area contributed by atoms with Gasteiger partial charge in [0.25, 0.3) is 0 Å². The van der Waals surface area contributed by atoms with Gasteiger partial charge in [0.15, 0.2) is 0 Å². The van der Waals surface area contributed by atoms with Gasteiger partial charge in [0.05, 0.1) is 0 Å². The third kappa shape index (κ3) is 1.32. The maximum absolute atomic E-state index is 10.9. The van der Waals surface area contributed by atoms with Crippen LogP contribution in [0.2, 0.25) is 0 Å². The first-order chi connectivity index (χ1) is 6.74. The van der Waals surface area contributed by atoms with E-state index in [1.165, 1.54) is 0 Å². The molecule has 2 heterocycles. The smallest absolute Gasteiger partial charge is 0.352 e. The highest BCUT2D eigenvalue weighted by Crippen LogP contribution is 2.22. The molecular weight excluding hydrogens is 180 g/mol. The minimum Gasteiger partial charge on any atom is -0.477 e. The number of hydrogen-bond donors (Lipinski definition) is 3. The second kappa shape index (κ2) is 3.46. The predicted octanol–water partition coefficient (Wildman–Crippen LogP) is 0.921. The first-order valence-corrected chi connectivity index (χ1v) is 4.90. The summed E-state index contributed by atoms with van der Waals surface area (Å²) in [6.45, 7) is 3.71. The van der Waals surface area contributed by atoms with E-state index in [9.17, 15) is 4.79 Å². The van der Waals surface area contributed by atoms with Crippen LogP contribution in [0.15, 0.2) is 0 Å². The fourth-order valence-corrected chi connectivity index (χ4v) is 2.06. The standard InChI is InChI=1S/C10H14N2O2/c1-2-6-7-5-11-4-3-8(7)12-9(6)10(13)14/h11-12H,2-5H2,1H3,(H,13,14). The first kappa shape index (κ1) is 9.27. The molecule has 0 aromatic carbocycles. The lowest BCUT2D eigenvalue weighted by Crippen LogP contribution is -2.23. The molecule has 2 rings (SSSR count). The Balaban J connectivity index is 2.51. The van der Waals surface area contributed by atoms with E-state index in [0.29, 0.717) is 5.69 Å². The monoisotopic (exact) mass is 194 g/mol. The third-order valence-corrected chi connectivity index (χ3v) is 2.73. The molecule has 1 aliphatic heterocycles. The van der Waals surface area contributed by atoms with Crippen molar-refractivity contribution < 1.29 is 9.90 Å². The van der Waals surface area contributed by atoms with Crippen LogP contribution in [0.3, 0.4) is 0 Å². The molecule has 0 bridgehead atoms. The van der Waals surface area contributed by atoms with Gasteiger partial charge in [-0.05, 0) is 17.5 Å². The van der Waals surface area contributed by atoms with Crippen LogP contribution in [0, 0.1) is 0 Å². The second-order valence-electron chi connectivity index (χ2n) is 3.52. The molecule has 76 valence electrons. The maximum Gasteiger partial charge on any atom is 0.352 e. The van der Waals surface area contributed by atoms with Crippen LogP contribution >= 0.6 is 0 Å². The number of fused-ring (bicyclic) bond motifs is 1. The van der Waals surface area contributed by atoms with Gasteiger partial charge in [0.1, 0.15) is 5.69 Å². The number of aromatic nitrogens is 1. The Morgan fingerprint density at radius 3 is 3.00 bits per heavy atom. The molecule has 0 spiro atoms. The van der Waals surface area contributed by atoms with Crippen molar-refractivity contribution in [3.05, 3.63) is 22.5 Å². The van der Waals surface area contributed by atoms with Gasteiger partial charge < -0.3 is 15.4 Å². The van der Waals surface area contributed by atoms with Crippen molar-refractivity contribution in [1.29, 1.82) is 0 Å². The Labute approximate surface area is 82.3 Å². The molecule has 0 radical (unpaired) electrons. The Kier molecular flexibility index (Phi) is 2.29. The van der Waals surface area contributed by atoms with Crippen LogP contribution in [-0.4, -0.2) is 22.6 Å². The second-order valence-corrected chi connectivity index (χ2v) is 3.52. The molecule has 0 fully saturated rings. The van der Waals surface area contributed by atoms with Crippen molar-refractivity contribution >= 4 is 5.97 Å². The number of carbonyl (C=O) groups is 1. The molecule has 0 unspecified atom stereocenters. The number of aromatic carboxylic acids is 1. The van der Waals surface area contributed by atoms with Gasteiger partial charge in [0, 0.05) is 25.2 Å². The first-order valence-electron chi connectivity index (χ1n) is 4.90. The number of nitrogens with one attached hydrogen (secondary N) is 2. The van der Waals surface area contributed by atoms with Crippen molar-refractivity contribution in [3.63, 3.8) is 0 Å². The normalized spacial score (nSPS) is 15.2. The van der Waals surface area contributed by atoms with E-state index < -0.39 is 5.97 Å². The summed E-state index contributed by atoms with van der Waals surface area (Å²) in [5.74, 6) is -0.851. The van der Waals surface area contributed by atoms with E-state index in [1.807, 2.05) is 6.92 Å². The number of aromatic amines is 1. The van der Waals surface area contributed by atoms with Crippen molar-refractivity contribution in [2.75, 3.05) is 6.54 Å². The van der Waals surface area contributed by atoms with Crippen LogP contribution in [-0.2, 0) is 19.4 Å². The van der Waals surface area contributed by atoms with Gasteiger partial charge in [-0.1, -0.05) is 6.92 Å². The number of hydrogen-bond acceptors (Lipinski definition) is 2. The summed E-state index contributed by atoms with van der Waals surface area (Å²) in [7, 11) is 0. The molecule has 1 aliphatic rings. The molecule has 0 amide bonds. The van der Waals surface area contributed by atoms with Gasteiger partial charge in [-0.2, -0.15) is 0 Å². The van der Waals surface area contributed by atoms with Gasteiger partial charge in [0.2, 0.25) is 0 Å². The highest BCUT2D eigenvalue weighted by atomic mass is 16.4. The Hall–Kier alpha value is -1.29. The summed E-state index contributed by atoms with van der Waals surface area (Å²) in [5.41, 5.74) is 3.59. The average molecular weight is 194 g/mol. The van der Waals surface area contributed by atoms with Crippen LogP contribution < -0.4 is 5.32 Å². The summed E-state index contributed by atoms with van der Waals surface area (Å²) in [6, 6.07) is 0. The molecule has 14 heavy (non-hydrogen) atoms. The van der Waals surface area contributed by atoms with Crippen molar-refractivity contribution in [3.8, 4) is 0 Å². The lowest BCUT2D eigenvalue weighted by atomic mass is 10.0. The minimum atomic E-state index is -0.851. The lowest BCUT2D eigenvalue weighted by molar-refractivity contribution is 0.0690. The quantitative estimate of drug-likeness (QED) is 0.656. The highest BCUT2D eigenvalue weighted by Gasteiger charge is 2.21. The molecule has 0 atom stereocenters. The zero-order valence-electron chi connectivity index (χ0n) is 8.18. The van der Waals surface area contributed by atoms with Crippen LogP contribution in [0.4, 0.5) is 0 Å². The van der Waals surface area contributed by atoms with E-state index in [0.717, 1.165) is 42.8 Å². The molecule has 4 nitrogen and oxygen atoms in total.